The first-order valence-corrected chi connectivity index (χ1v) is 7.21. The molecular formula is C14H21NS. The van der Waals surface area contributed by atoms with E-state index in [-0.39, 0.29) is 5.41 Å². The summed E-state index contributed by atoms with van der Waals surface area (Å²) >= 11 is 1.85. The molecule has 1 aromatic carbocycles. The minimum atomic E-state index is 0.288. The normalized spacial score (nSPS) is 18.2. The van der Waals surface area contributed by atoms with Crippen molar-refractivity contribution in [2.45, 2.75) is 43.4 Å². The molecule has 2 N–H and O–H groups in total. The lowest BCUT2D eigenvalue weighted by atomic mass is 9.64. The second-order valence-corrected chi connectivity index (χ2v) is 5.82. The molecule has 1 aliphatic carbocycles. The predicted octanol–water partition coefficient (Wildman–Crippen LogP) is 3.41. The lowest BCUT2D eigenvalue weighted by Crippen LogP contribution is -2.42. The molecule has 1 aliphatic rings. The van der Waals surface area contributed by atoms with E-state index in [2.05, 4.69) is 32.2 Å². The number of hydrogen-bond donors (Lipinski definition) is 1. The highest BCUT2D eigenvalue weighted by molar-refractivity contribution is 7.98. The maximum absolute atomic E-state index is 6.00. The SMILES string of the molecule is CSc1cc(C)c(C)cc1C1(CN)CCC1. The quantitative estimate of drug-likeness (QED) is 0.813. The Balaban J connectivity index is 2.50. The zero-order chi connectivity index (χ0) is 11.8. The molecule has 1 saturated carbocycles. The average Bonchev–Trinajstić information content (AvgIpc) is 2.22. The zero-order valence-corrected chi connectivity index (χ0v) is 11.3. The van der Waals surface area contributed by atoms with E-state index < -0.39 is 0 Å². The van der Waals surface area contributed by atoms with Crippen molar-refractivity contribution in [1.29, 1.82) is 0 Å². The Morgan fingerprint density at radius 2 is 1.88 bits per heavy atom. The zero-order valence-electron chi connectivity index (χ0n) is 10.5. The van der Waals surface area contributed by atoms with Gasteiger partial charge in [0.15, 0.2) is 0 Å². The van der Waals surface area contributed by atoms with Crippen molar-refractivity contribution in [3.8, 4) is 0 Å². The van der Waals surface area contributed by atoms with Crippen molar-refractivity contribution in [2.75, 3.05) is 12.8 Å². The predicted molar refractivity (Wildman–Crippen MR) is 72.3 cm³/mol. The van der Waals surface area contributed by atoms with Gasteiger partial charge in [0.05, 0.1) is 0 Å². The van der Waals surface area contributed by atoms with Crippen LogP contribution < -0.4 is 5.73 Å². The van der Waals surface area contributed by atoms with Crippen molar-refractivity contribution in [2.24, 2.45) is 5.73 Å². The second-order valence-electron chi connectivity index (χ2n) is 4.97. The van der Waals surface area contributed by atoms with Gasteiger partial charge in [-0.15, -0.1) is 11.8 Å². The molecule has 1 aromatic rings. The van der Waals surface area contributed by atoms with Gasteiger partial charge < -0.3 is 5.73 Å². The molecule has 2 rings (SSSR count). The van der Waals surface area contributed by atoms with Crippen LogP contribution in [0.3, 0.4) is 0 Å². The summed E-state index contributed by atoms with van der Waals surface area (Å²) in [4.78, 5) is 1.42. The van der Waals surface area contributed by atoms with Gasteiger partial charge in [-0.2, -0.15) is 0 Å². The Kier molecular flexibility index (Phi) is 3.32. The van der Waals surface area contributed by atoms with Crippen LogP contribution in [0.5, 0.6) is 0 Å². The molecule has 0 heterocycles. The summed E-state index contributed by atoms with van der Waals surface area (Å²) < 4.78 is 0. The number of hydrogen-bond acceptors (Lipinski definition) is 2. The molecule has 0 spiro atoms. The second kappa shape index (κ2) is 4.42. The van der Waals surface area contributed by atoms with Gasteiger partial charge in [0, 0.05) is 16.9 Å². The van der Waals surface area contributed by atoms with E-state index in [1.807, 2.05) is 11.8 Å². The molecule has 0 atom stereocenters. The van der Waals surface area contributed by atoms with E-state index in [0.29, 0.717) is 0 Å². The first-order valence-electron chi connectivity index (χ1n) is 5.99. The number of aryl methyl sites for hydroxylation is 2. The van der Waals surface area contributed by atoms with Gasteiger partial charge in [0.1, 0.15) is 0 Å². The third kappa shape index (κ3) is 1.78. The van der Waals surface area contributed by atoms with E-state index in [1.165, 1.54) is 40.8 Å². The monoisotopic (exact) mass is 235 g/mol. The third-order valence-electron chi connectivity index (χ3n) is 4.09. The molecule has 0 aliphatic heterocycles. The summed E-state index contributed by atoms with van der Waals surface area (Å²) in [6, 6.07) is 4.69. The highest BCUT2D eigenvalue weighted by Crippen LogP contribution is 2.46. The fraction of sp³-hybridized carbons (Fsp3) is 0.571. The molecule has 0 unspecified atom stereocenters. The Morgan fingerprint density at radius 1 is 1.25 bits per heavy atom. The molecular weight excluding hydrogens is 214 g/mol. The molecule has 0 bridgehead atoms. The highest BCUT2D eigenvalue weighted by atomic mass is 32.2. The van der Waals surface area contributed by atoms with E-state index in [4.69, 9.17) is 5.73 Å². The number of thioether (sulfide) groups is 1. The molecule has 1 nitrogen and oxygen atoms in total. The van der Waals surface area contributed by atoms with Crippen LogP contribution >= 0.6 is 11.8 Å². The van der Waals surface area contributed by atoms with Crippen LogP contribution in [-0.2, 0) is 5.41 Å². The molecule has 0 amide bonds. The number of rotatable bonds is 3. The first-order chi connectivity index (χ1) is 7.63. The Labute approximate surface area is 103 Å². The maximum Gasteiger partial charge on any atom is 0.0110 e. The van der Waals surface area contributed by atoms with Crippen LogP contribution in [0, 0.1) is 13.8 Å². The first kappa shape index (κ1) is 12.0. The van der Waals surface area contributed by atoms with Crippen molar-refractivity contribution in [3.05, 3.63) is 28.8 Å². The van der Waals surface area contributed by atoms with E-state index >= 15 is 0 Å². The van der Waals surface area contributed by atoms with Crippen molar-refractivity contribution >= 4 is 11.8 Å². The summed E-state index contributed by atoms with van der Waals surface area (Å²) in [5.74, 6) is 0. The summed E-state index contributed by atoms with van der Waals surface area (Å²) in [5.41, 5.74) is 10.6. The Morgan fingerprint density at radius 3 is 2.31 bits per heavy atom. The molecule has 0 saturated heterocycles. The van der Waals surface area contributed by atoms with Crippen molar-refractivity contribution in [3.63, 3.8) is 0 Å². The van der Waals surface area contributed by atoms with Crippen molar-refractivity contribution in [1.82, 2.24) is 0 Å². The van der Waals surface area contributed by atoms with E-state index in [0.717, 1.165) is 6.54 Å². The fourth-order valence-corrected chi connectivity index (χ4v) is 3.35. The van der Waals surface area contributed by atoms with Crippen LogP contribution in [0.15, 0.2) is 17.0 Å². The third-order valence-corrected chi connectivity index (χ3v) is 4.87. The van der Waals surface area contributed by atoms with Crippen LogP contribution in [0.2, 0.25) is 0 Å². The summed E-state index contributed by atoms with van der Waals surface area (Å²) in [6.07, 6.45) is 6.02. The molecule has 1 fully saturated rings. The van der Waals surface area contributed by atoms with Crippen LogP contribution in [0.25, 0.3) is 0 Å². The average molecular weight is 235 g/mol. The molecule has 88 valence electrons. The fourth-order valence-electron chi connectivity index (χ4n) is 2.56. The van der Waals surface area contributed by atoms with E-state index in [1.54, 1.807) is 0 Å². The molecule has 16 heavy (non-hydrogen) atoms. The standard InChI is InChI=1S/C14H21NS/c1-10-7-12(13(16-3)8-11(10)2)14(9-15)5-4-6-14/h7-8H,4-6,9,15H2,1-3H3. The molecule has 0 aromatic heterocycles. The lowest BCUT2D eigenvalue weighted by Gasteiger charge is -2.42. The summed E-state index contributed by atoms with van der Waals surface area (Å²) in [6.45, 7) is 5.18. The molecule has 2 heteroatoms. The van der Waals surface area contributed by atoms with Gasteiger partial charge in [-0.25, -0.2) is 0 Å². The lowest BCUT2D eigenvalue weighted by molar-refractivity contribution is 0.248. The summed E-state index contributed by atoms with van der Waals surface area (Å²) in [7, 11) is 0. The number of nitrogens with two attached hydrogens (primary N) is 1. The van der Waals surface area contributed by atoms with Gasteiger partial charge in [0.2, 0.25) is 0 Å². The maximum atomic E-state index is 6.00. The minimum Gasteiger partial charge on any atom is -0.330 e. The van der Waals surface area contributed by atoms with Gasteiger partial charge in [0.25, 0.3) is 0 Å². The van der Waals surface area contributed by atoms with Crippen molar-refractivity contribution < 1.29 is 0 Å². The van der Waals surface area contributed by atoms with Gasteiger partial charge >= 0.3 is 0 Å². The van der Waals surface area contributed by atoms with Crippen LogP contribution in [0.1, 0.15) is 36.0 Å². The molecule has 0 radical (unpaired) electrons. The largest absolute Gasteiger partial charge is 0.330 e. The number of benzene rings is 1. The van der Waals surface area contributed by atoms with Crippen LogP contribution in [0.4, 0.5) is 0 Å². The van der Waals surface area contributed by atoms with Gasteiger partial charge in [-0.3, -0.25) is 0 Å². The smallest absolute Gasteiger partial charge is 0.0110 e. The Bertz CT molecular complexity index is 388. The minimum absolute atomic E-state index is 0.288. The summed E-state index contributed by atoms with van der Waals surface area (Å²) in [5, 5.41) is 0. The highest BCUT2D eigenvalue weighted by Gasteiger charge is 2.38. The van der Waals surface area contributed by atoms with E-state index in [9.17, 15) is 0 Å². The topological polar surface area (TPSA) is 26.0 Å². The van der Waals surface area contributed by atoms with Crippen LogP contribution in [-0.4, -0.2) is 12.8 Å². The Hall–Kier alpha value is -0.470. The van der Waals surface area contributed by atoms with Gasteiger partial charge in [-0.1, -0.05) is 12.5 Å². The van der Waals surface area contributed by atoms with Gasteiger partial charge in [-0.05, 0) is 55.7 Å².